The molecule has 0 radical (unpaired) electrons. The standard InChI is InChI=1S/C19H26FN5O4/c1-28-12-15-10-25(24-23-15)9-8-16-6-7-17(18(11-26)29-16)22-19(27)21-14-4-2-13(20)3-5-14/h2-5,10,16-18,26H,6-9,11-12H2,1H3,(H2,21,22,27)/t16-,17-,18+/m1/s1. The van der Waals surface area contributed by atoms with Gasteiger partial charge in [-0.25, -0.2) is 9.18 Å². The smallest absolute Gasteiger partial charge is 0.319 e. The van der Waals surface area contributed by atoms with Crippen molar-refractivity contribution in [3.05, 3.63) is 42.0 Å². The minimum Gasteiger partial charge on any atom is -0.394 e. The lowest BCUT2D eigenvalue weighted by Gasteiger charge is -2.36. The molecule has 1 fully saturated rings. The Balaban J connectivity index is 1.45. The SMILES string of the molecule is COCc1cn(CC[C@H]2CC[C@@H](NC(=O)Nc3ccc(F)cc3)[C@H](CO)O2)nn1. The summed E-state index contributed by atoms with van der Waals surface area (Å²) < 4.78 is 25.7. The molecule has 0 aliphatic carbocycles. The van der Waals surface area contributed by atoms with E-state index >= 15 is 0 Å². The van der Waals surface area contributed by atoms with E-state index in [0.29, 0.717) is 25.3 Å². The fraction of sp³-hybridized carbons (Fsp3) is 0.526. The maximum Gasteiger partial charge on any atom is 0.319 e. The second kappa shape index (κ2) is 10.3. The van der Waals surface area contributed by atoms with Gasteiger partial charge in [0.05, 0.1) is 31.6 Å². The number of urea groups is 1. The Morgan fingerprint density at radius 1 is 1.38 bits per heavy atom. The Morgan fingerprint density at radius 2 is 2.17 bits per heavy atom. The number of amides is 2. The summed E-state index contributed by atoms with van der Waals surface area (Å²) in [7, 11) is 1.61. The number of aromatic nitrogens is 3. The predicted molar refractivity (Wildman–Crippen MR) is 103 cm³/mol. The molecule has 1 saturated heterocycles. The molecule has 1 aromatic heterocycles. The van der Waals surface area contributed by atoms with Crippen LogP contribution in [-0.2, 0) is 22.6 Å². The Kier molecular flexibility index (Phi) is 7.50. The minimum absolute atomic E-state index is 0.0413. The third-order valence-electron chi connectivity index (χ3n) is 4.77. The lowest BCUT2D eigenvalue weighted by Crippen LogP contribution is -2.52. The third kappa shape index (κ3) is 6.21. The number of carbonyl (C=O) groups is 1. The number of nitrogens with zero attached hydrogens (tertiary/aromatic N) is 3. The average Bonchev–Trinajstić information content (AvgIpc) is 3.16. The summed E-state index contributed by atoms with van der Waals surface area (Å²) in [6.45, 7) is 0.863. The molecular weight excluding hydrogens is 381 g/mol. The van der Waals surface area contributed by atoms with Gasteiger partial charge in [-0.15, -0.1) is 5.10 Å². The van der Waals surface area contributed by atoms with E-state index in [0.717, 1.165) is 18.5 Å². The summed E-state index contributed by atoms with van der Waals surface area (Å²) in [5, 5.41) is 23.2. The van der Waals surface area contributed by atoms with Crippen molar-refractivity contribution in [3.8, 4) is 0 Å². The lowest BCUT2D eigenvalue weighted by molar-refractivity contribution is -0.0905. The van der Waals surface area contributed by atoms with Crippen molar-refractivity contribution in [1.82, 2.24) is 20.3 Å². The molecule has 0 spiro atoms. The first kappa shape index (κ1) is 21.2. The van der Waals surface area contributed by atoms with Gasteiger partial charge in [-0.2, -0.15) is 0 Å². The van der Waals surface area contributed by atoms with E-state index in [9.17, 15) is 14.3 Å². The van der Waals surface area contributed by atoms with Crippen molar-refractivity contribution in [2.24, 2.45) is 0 Å². The molecule has 1 aromatic carbocycles. The molecule has 2 amide bonds. The number of aliphatic hydroxyl groups excluding tert-OH is 1. The molecule has 0 saturated carbocycles. The highest BCUT2D eigenvalue weighted by Gasteiger charge is 2.31. The van der Waals surface area contributed by atoms with Crippen LogP contribution in [0.2, 0.25) is 0 Å². The number of carbonyl (C=O) groups excluding carboxylic acids is 1. The van der Waals surface area contributed by atoms with E-state index in [2.05, 4.69) is 20.9 Å². The molecule has 9 nitrogen and oxygen atoms in total. The largest absolute Gasteiger partial charge is 0.394 e. The van der Waals surface area contributed by atoms with E-state index < -0.39 is 12.1 Å². The maximum atomic E-state index is 13.0. The maximum absolute atomic E-state index is 13.0. The van der Waals surface area contributed by atoms with Gasteiger partial charge in [0.2, 0.25) is 0 Å². The van der Waals surface area contributed by atoms with Crippen LogP contribution in [0.3, 0.4) is 0 Å². The molecule has 2 heterocycles. The molecule has 29 heavy (non-hydrogen) atoms. The average molecular weight is 407 g/mol. The fourth-order valence-electron chi connectivity index (χ4n) is 3.32. The van der Waals surface area contributed by atoms with Gasteiger partial charge in [-0.1, -0.05) is 5.21 Å². The third-order valence-corrected chi connectivity index (χ3v) is 4.77. The van der Waals surface area contributed by atoms with Gasteiger partial charge in [0.25, 0.3) is 0 Å². The summed E-state index contributed by atoms with van der Waals surface area (Å²) in [5.74, 6) is -0.371. The second-order valence-corrected chi connectivity index (χ2v) is 6.96. The number of ether oxygens (including phenoxy) is 2. The summed E-state index contributed by atoms with van der Waals surface area (Å²) >= 11 is 0. The van der Waals surface area contributed by atoms with Crippen LogP contribution in [0, 0.1) is 5.82 Å². The number of aliphatic hydroxyl groups is 1. The van der Waals surface area contributed by atoms with Crippen molar-refractivity contribution < 1.29 is 23.8 Å². The van der Waals surface area contributed by atoms with E-state index in [4.69, 9.17) is 9.47 Å². The zero-order chi connectivity index (χ0) is 20.6. The van der Waals surface area contributed by atoms with Crippen LogP contribution in [0.25, 0.3) is 0 Å². The zero-order valence-electron chi connectivity index (χ0n) is 16.3. The molecule has 2 aromatic rings. The van der Waals surface area contributed by atoms with Crippen LogP contribution in [0.5, 0.6) is 0 Å². The van der Waals surface area contributed by atoms with E-state index in [1.54, 1.807) is 11.8 Å². The quantitative estimate of drug-likeness (QED) is 0.614. The number of methoxy groups -OCH3 is 1. The molecule has 158 valence electrons. The van der Waals surface area contributed by atoms with Crippen molar-refractivity contribution in [1.29, 1.82) is 0 Å². The molecule has 3 atom stereocenters. The Bertz CT molecular complexity index is 785. The van der Waals surface area contributed by atoms with Crippen LogP contribution in [0.15, 0.2) is 30.5 Å². The lowest BCUT2D eigenvalue weighted by atomic mass is 9.97. The predicted octanol–water partition coefficient (Wildman–Crippen LogP) is 1.68. The highest BCUT2D eigenvalue weighted by molar-refractivity contribution is 5.89. The normalized spacial score (nSPS) is 21.7. The zero-order valence-corrected chi connectivity index (χ0v) is 16.3. The molecule has 0 unspecified atom stereocenters. The highest BCUT2D eigenvalue weighted by Crippen LogP contribution is 2.22. The topological polar surface area (TPSA) is 111 Å². The number of benzene rings is 1. The van der Waals surface area contributed by atoms with Gasteiger partial charge >= 0.3 is 6.03 Å². The van der Waals surface area contributed by atoms with Gasteiger partial charge < -0.3 is 25.2 Å². The minimum atomic E-state index is -0.493. The molecule has 1 aliphatic heterocycles. The number of rotatable bonds is 8. The number of hydrogen-bond acceptors (Lipinski definition) is 6. The second-order valence-electron chi connectivity index (χ2n) is 6.96. The van der Waals surface area contributed by atoms with Gasteiger partial charge in [-0.3, -0.25) is 4.68 Å². The number of aryl methyl sites for hydroxylation is 1. The summed E-state index contributed by atoms with van der Waals surface area (Å²) in [4.78, 5) is 12.2. The van der Waals surface area contributed by atoms with E-state index in [1.165, 1.54) is 24.3 Å². The van der Waals surface area contributed by atoms with Crippen LogP contribution < -0.4 is 10.6 Å². The van der Waals surface area contributed by atoms with Gasteiger partial charge in [-0.05, 0) is 43.5 Å². The van der Waals surface area contributed by atoms with Crippen molar-refractivity contribution in [2.75, 3.05) is 19.0 Å². The molecule has 3 rings (SSSR count). The first-order valence-electron chi connectivity index (χ1n) is 9.54. The number of anilines is 1. The van der Waals surface area contributed by atoms with Crippen LogP contribution in [0.4, 0.5) is 14.9 Å². The van der Waals surface area contributed by atoms with Gasteiger partial charge in [0.15, 0.2) is 0 Å². The summed E-state index contributed by atoms with van der Waals surface area (Å²) in [5.41, 5.74) is 1.25. The molecule has 1 aliphatic rings. The molecular formula is C19H26FN5O4. The van der Waals surface area contributed by atoms with E-state index in [1.807, 2.05) is 6.20 Å². The highest BCUT2D eigenvalue weighted by atomic mass is 19.1. The number of halogens is 1. The summed E-state index contributed by atoms with van der Waals surface area (Å²) in [6.07, 6.45) is 3.45. The first-order valence-corrected chi connectivity index (χ1v) is 9.54. The van der Waals surface area contributed by atoms with Gasteiger partial charge in [0.1, 0.15) is 17.6 Å². The Hall–Kier alpha value is -2.56. The Morgan fingerprint density at radius 3 is 2.90 bits per heavy atom. The molecule has 0 bridgehead atoms. The van der Waals surface area contributed by atoms with Crippen LogP contribution in [-0.4, -0.2) is 58.1 Å². The van der Waals surface area contributed by atoms with Crippen molar-refractivity contribution in [2.45, 2.75) is 50.7 Å². The van der Waals surface area contributed by atoms with Gasteiger partial charge in [0, 0.05) is 19.3 Å². The van der Waals surface area contributed by atoms with Crippen LogP contribution >= 0.6 is 0 Å². The Labute approximate surface area is 168 Å². The molecule has 10 heteroatoms. The number of hydrogen-bond donors (Lipinski definition) is 3. The number of nitrogens with one attached hydrogen (secondary N) is 2. The first-order chi connectivity index (χ1) is 14.1. The van der Waals surface area contributed by atoms with Crippen molar-refractivity contribution in [3.63, 3.8) is 0 Å². The van der Waals surface area contributed by atoms with Crippen LogP contribution in [0.1, 0.15) is 25.0 Å². The summed E-state index contributed by atoms with van der Waals surface area (Å²) in [6, 6.07) is 4.77. The monoisotopic (exact) mass is 407 g/mol. The fourth-order valence-corrected chi connectivity index (χ4v) is 3.32. The molecule has 3 N–H and O–H groups in total. The van der Waals surface area contributed by atoms with Crippen molar-refractivity contribution >= 4 is 11.7 Å². The van der Waals surface area contributed by atoms with E-state index in [-0.39, 0.29) is 24.6 Å².